The number of aliphatic hydroxyl groups is 1. The van der Waals surface area contributed by atoms with Crippen molar-refractivity contribution in [1.82, 2.24) is 4.98 Å². The minimum absolute atomic E-state index is 0.621. The summed E-state index contributed by atoms with van der Waals surface area (Å²) in [5.41, 5.74) is 2.60. The lowest BCUT2D eigenvalue weighted by Gasteiger charge is -2.07. The Morgan fingerprint density at radius 3 is 2.71 bits per heavy atom. The van der Waals surface area contributed by atoms with Crippen LogP contribution in [0.2, 0.25) is 5.02 Å². The molecule has 0 bridgehead atoms. The summed E-state index contributed by atoms with van der Waals surface area (Å²) in [6.45, 7) is 1.89. The Hall–Kier alpha value is -0.420. The van der Waals surface area contributed by atoms with Crippen LogP contribution in [-0.4, -0.2) is 10.1 Å². The lowest BCUT2D eigenvalue weighted by atomic mass is 10.2. The molecular formula is C9H8ClNOS2. The van der Waals surface area contributed by atoms with Gasteiger partial charge in [0.25, 0.3) is 0 Å². The summed E-state index contributed by atoms with van der Waals surface area (Å²) < 4.78 is 0. The van der Waals surface area contributed by atoms with Gasteiger partial charge in [0.05, 0.1) is 26.0 Å². The predicted octanol–water partition coefficient (Wildman–Crippen LogP) is 3.25. The van der Waals surface area contributed by atoms with Gasteiger partial charge in [0, 0.05) is 0 Å². The Kier molecular flexibility index (Phi) is 2.88. The number of halogens is 1. The Labute approximate surface area is 94.8 Å². The maximum atomic E-state index is 10.0. The van der Waals surface area contributed by atoms with Gasteiger partial charge in [-0.2, -0.15) is 0 Å². The smallest absolute Gasteiger partial charge is 0.126 e. The van der Waals surface area contributed by atoms with Crippen molar-refractivity contribution in [2.45, 2.75) is 13.0 Å². The van der Waals surface area contributed by atoms with Crippen molar-refractivity contribution in [3.63, 3.8) is 0 Å². The highest BCUT2D eigenvalue weighted by molar-refractivity contribution is 7.12. The fraction of sp³-hybridized carbons (Fsp3) is 0.222. The molecule has 1 atom stereocenters. The second-order valence-electron chi connectivity index (χ2n) is 2.84. The van der Waals surface area contributed by atoms with Crippen LogP contribution in [0, 0.1) is 6.92 Å². The Morgan fingerprint density at radius 1 is 1.43 bits per heavy atom. The standard InChI is InChI=1S/C9H8ClNOS2/c1-5-8(14-4-11-5)7(12)9-6(10)2-3-13-9/h2-4,7,12H,1H3. The number of hydrogen-bond acceptors (Lipinski definition) is 4. The van der Waals surface area contributed by atoms with Crippen LogP contribution in [-0.2, 0) is 0 Å². The molecule has 0 fully saturated rings. The molecule has 0 aliphatic carbocycles. The number of aromatic nitrogens is 1. The second kappa shape index (κ2) is 3.98. The Balaban J connectivity index is 2.38. The van der Waals surface area contributed by atoms with Crippen LogP contribution < -0.4 is 0 Å². The lowest BCUT2D eigenvalue weighted by Crippen LogP contribution is -1.96. The number of thiophene rings is 1. The summed E-state index contributed by atoms with van der Waals surface area (Å²) in [5.74, 6) is 0. The molecule has 2 nitrogen and oxygen atoms in total. The predicted molar refractivity (Wildman–Crippen MR) is 60.2 cm³/mol. The average molecular weight is 246 g/mol. The maximum Gasteiger partial charge on any atom is 0.126 e. The Morgan fingerprint density at radius 2 is 2.21 bits per heavy atom. The van der Waals surface area contributed by atoms with E-state index in [9.17, 15) is 5.11 Å². The molecule has 74 valence electrons. The van der Waals surface area contributed by atoms with Crippen LogP contribution in [0.4, 0.5) is 0 Å². The van der Waals surface area contributed by atoms with Gasteiger partial charge >= 0.3 is 0 Å². The van der Waals surface area contributed by atoms with E-state index in [-0.39, 0.29) is 0 Å². The van der Waals surface area contributed by atoms with Gasteiger partial charge in [0.15, 0.2) is 0 Å². The molecule has 0 spiro atoms. The van der Waals surface area contributed by atoms with Gasteiger partial charge < -0.3 is 5.11 Å². The minimum atomic E-state index is -0.630. The quantitative estimate of drug-likeness (QED) is 0.881. The zero-order valence-corrected chi connectivity index (χ0v) is 9.79. The van der Waals surface area contributed by atoms with Gasteiger partial charge in [-0.1, -0.05) is 11.6 Å². The summed E-state index contributed by atoms with van der Waals surface area (Å²) in [6.07, 6.45) is -0.630. The van der Waals surface area contributed by atoms with Crippen molar-refractivity contribution in [1.29, 1.82) is 0 Å². The van der Waals surface area contributed by atoms with Crippen molar-refractivity contribution < 1.29 is 5.11 Å². The number of aliphatic hydroxyl groups excluding tert-OH is 1. The molecule has 0 aliphatic heterocycles. The lowest BCUT2D eigenvalue weighted by molar-refractivity contribution is 0.227. The van der Waals surface area contributed by atoms with Gasteiger partial charge in [0.2, 0.25) is 0 Å². The third-order valence-corrected chi connectivity index (χ3v) is 4.32. The molecule has 14 heavy (non-hydrogen) atoms. The molecule has 5 heteroatoms. The van der Waals surface area contributed by atoms with Crippen molar-refractivity contribution in [2.24, 2.45) is 0 Å². The van der Waals surface area contributed by atoms with E-state index in [1.165, 1.54) is 22.7 Å². The molecular weight excluding hydrogens is 238 g/mol. The third kappa shape index (κ3) is 1.70. The van der Waals surface area contributed by atoms with Crippen LogP contribution in [0.15, 0.2) is 17.0 Å². The van der Waals surface area contributed by atoms with Crippen LogP contribution in [0.1, 0.15) is 21.6 Å². The van der Waals surface area contributed by atoms with E-state index in [2.05, 4.69) is 4.98 Å². The molecule has 0 amide bonds. The average Bonchev–Trinajstić information content (AvgIpc) is 2.73. The van der Waals surface area contributed by atoms with Crippen LogP contribution in [0.3, 0.4) is 0 Å². The molecule has 2 rings (SSSR count). The first-order valence-electron chi connectivity index (χ1n) is 4.01. The van der Waals surface area contributed by atoms with Crippen LogP contribution in [0.5, 0.6) is 0 Å². The zero-order chi connectivity index (χ0) is 10.1. The molecule has 0 saturated heterocycles. The van der Waals surface area contributed by atoms with E-state index in [1.807, 2.05) is 12.3 Å². The van der Waals surface area contributed by atoms with Crippen molar-refractivity contribution >= 4 is 34.3 Å². The van der Waals surface area contributed by atoms with E-state index in [0.717, 1.165) is 15.4 Å². The fourth-order valence-corrected chi connectivity index (χ4v) is 3.21. The van der Waals surface area contributed by atoms with E-state index >= 15 is 0 Å². The first-order chi connectivity index (χ1) is 6.70. The summed E-state index contributed by atoms with van der Waals surface area (Å²) in [6, 6.07) is 1.79. The molecule has 0 aromatic carbocycles. The molecule has 2 heterocycles. The molecule has 0 radical (unpaired) electrons. The number of thiazole rings is 1. The van der Waals surface area contributed by atoms with E-state index < -0.39 is 6.10 Å². The second-order valence-corrected chi connectivity index (χ2v) is 5.08. The normalized spacial score (nSPS) is 13.1. The van der Waals surface area contributed by atoms with Gasteiger partial charge in [0.1, 0.15) is 6.10 Å². The minimum Gasteiger partial charge on any atom is -0.382 e. The van der Waals surface area contributed by atoms with E-state index in [0.29, 0.717) is 5.02 Å². The van der Waals surface area contributed by atoms with Gasteiger partial charge in [-0.25, -0.2) is 4.98 Å². The van der Waals surface area contributed by atoms with E-state index in [1.54, 1.807) is 11.6 Å². The molecule has 2 aromatic heterocycles. The van der Waals surface area contributed by atoms with Gasteiger partial charge in [-0.05, 0) is 18.4 Å². The topological polar surface area (TPSA) is 33.1 Å². The molecule has 1 unspecified atom stereocenters. The number of rotatable bonds is 2. The highest BCUT2D eigenvalue weighted by atomic mass is 35.5. The summed E-state index contributed by atoms with van der Waals surface area (Å²) in [5, 5.41) is 12.5. The third-order valence-electron chi connectivity index (χ3n) is 1.92. The number of hydrogen-bond donors (Lipinski definition) is 1. The highest BCUT2D eigenvalue weighted by Gasteiger charge is 2.18. The fourth-order valence-electron chi connectivity index (χ4n) is 1.19. The highest BCUT2D eigenvalue weighted by Crippen LogP contribution is 2.35. The van der Waals surface area contributed by atoms with Gasteiger partial charge in [-0.3, -0.25) is 0 Å². The first-order valence-corrected chi connectivity index (χ1v) is 6.15. The SMILES string of the molecule is Cc1ncsc1C(O)c1sccc1Cl. The van der Waals surface area contributed by atoms with Gasteiger partial charge in [-0.15, -0.1) is 22.7 Å². The van der Waals surface area contributed by atoms with Crippen molar-refractivity contribution in [3.8, 4) is 0 Å². The number of nitrogens with zero attached hydrogens (tertiary/aromatic N) is 1. The van der Waals surface area contributed by atoms with Crippen LogP contribution in [0.25, 0.3) is 0 Å². The monoisotopic (exact) mass is 245 g/mol. The summed E-state index contributed by atoms with van der Waals surface area (Å²) >= 11 is 8.85. The Bertz CT molecular complexity index is 397. The molecule has 2 aromatic rings. The summed E-state index contributed by atoms with van der Waals surface area (Å²) in [7, 11) is 0. The van der Waals surface area contributed by atoms with Crippen molar-refractivity contribution in [2.75, 3.05) is 0 Å². The van der Waals surface area contributed by atoms with Crippen LogP contribution >= 0.6 is 34.3 Å². The summed E-state index contributed by atoms with van der Waals surface area (Å²) in [4.78, 5) is 5.76. The molecule has 1 N–H and O–H groups in total. The maximum absolute atomic E-state index is 10.0. The molecule has 0 aliphatic rings. The zero-order valence-electron chi connectivity index (χ0n) is 7.40. The number of aryl methyl sites for hydroxylation is 1. The molecule has 0 saturated carbocycles. The largest absolute Gasteiger partial charge is 0.382 e. The van der Waals surface area contributed by atoms with E-state index in [4.69, 9.17) is 11.6 Å². The van der Waals surface area contributed by atoms with Crippen molar-refractivity contribution in [3.05, 3.63) is 37.4 Å². The first kappa shape index (κ1) is 10.1.